The zero-order chi connectivity index (χ0) is 17.0. The van der Waals surface area contributed by atoms with Crippen molar-refractivity contribution in [3.05, 3.63) is 41.8 Å². The molecule has 0 spiro atoms. The Morgan fingerprint density at radius 1 is 1.30 bits per heavy atom. The Morgan fingerprint density at radius 3 is 2.52 bits per heavy atom. The van der Waals surface area contributed by atoms with Crippen LogP contribution in [0, 0.1) is 6.92 Å². The average molecular weight is 316 g/mol. The highest BCUT2D eigenvalue weighted by Gasteiger charge is 2.35. The Labute approximate surface area is 134 Å². The summed E-state index contributed by atoms with van der Waals surface area (Å²) in [5, 5.41) is 11.9. The van der Waals surface area contributed by atoms with Gasteiger partial charge in [-0.05, 0) is 32.4 Å². The number of nitrogens with zero attached hydrogens (tertiary/aromatic N) is 1. The van der Waals surface area contributed by atoms with Crippen molar-refractivity contribution in [1.29, 1.82) is 0 Å². The summed E-state index contributed by atoms with van der Waals surface area (Å²) in [7, 11) is 0. The number of benzene rings is 1. The highest BCUT2D eigenvalue weighted by Crippen LogP contribution is 2.22. The minimum absolute atomic E-state index is 0.104. The summed E-state index contributed by atoms with van der Waals surface area (Å²) >= 11 is 0. The normalized spacial score (nSPS) is 13.3. The van der Waals surface area contributed by atoms with E-state index in [-0.39, 0.29) is 5.69 Å². The number of rotatable bonds is 6. The molecule has 0 aliphatic rings. The molecule has 122 valence electrons. The van der Waals surface area contributed by atoms with Crippen molar-refractivity contribution in [2.75, 3.05) is 0 Å². The largest absolute Gasteiger partial charge is 0.480 e. The van der Waals surface area contributed by atoms with Crippen molar-refractivity contribution in [3.8, 4) is 11.5 Å². The number of hydrogen-bond acceptors (Lipinski definition) is 4. The quantitative estimate of drug-likeness (QED) is 0.854. The van der Waals surface area contributed by atoms with Gasteiger partial charge in [-0.2, -0.15) is 0 Å². The van der Waals surface area contributed by atoms with Crippen molar-refractivity contribution in [2.24, 2.45) is 0 Å². The molecular weight excluding hydrogens is 296 g/mol. The first kappa shape index (κ1) is 16.7. The van der Waals surface area contributed by atoms with Crippen LogP contribution in [0.1, 0.15) is 42.9 Å². The van der Waals surface area contributed by atoms with Crippen LogP contribution in [-0.2, 0) is 4.79 Å². The minimum atomic E-state index is -1.33. The Kier molecular flexibility index (Phi) is 4.83. The number of carbonyl (C=O) groups is 2. The van der Waals surface area contributed by atoms with Gasteiger partial charge in [-0.15, -0.1) is 0 Å². The highest BCUT2D eigenvalue weighted by atomic mass is 16.4. The summed E-state index contributed by atoms with van der Waals surface area (Å²) < 4.78 is 5.54. The molecule has 23 heavy (non-hydrogen) atoms. The Balaban J connectivity index is 2.27. The van der Waals surface area contributed by atoms with Gasteiger partial charge in [0.2, 0.25) is 5.89 Å². The molecule has 0 radical (unpaired) electrons. The predicted molar refractivity (Wildman–Crippen MR) is 85.1 cm³/mol. The second-order valence-electron chi connectivity index (χ2n) is 5.63. The predicted octanol–water partition coefficient (Wildman–Crippen LogP) is 3.02. The molecule has 6 heteroatoms. The van der Waals surface area contributed by atoms with E-state index in [1.807, 2.05) is 37.3 Å². The van der Waals surface area contributed by atoms with Gasteiger partial charge in [-0.3, -0.25) is 4.79 Å². The van der Waals surface area contributed by atoms with E-state index in [9.17, 15) is 14.7 Å². The summed E-state index contributed by atoms with van der Waals surface area (Å²) in [5.74, 6) is -0.935. The van der Waals surface area contributed by atoms with E-state index in [1.54, 1.807) is 6.92 Å². The maximum Gasteiger partial charge on any atom is 0.329 e. The van der Waals surface area contributed by atoms with Gasteiger partial charge < -0.3 is 14.8 Å². The van der Waals surface area contributed by atoms with E-state index in [0.29, 0.717) is 24.5 Å². The molecule has 0 saturated carbocycles. The first-order chi connectivity index (χ1) is 10.9. The van der Waals surface area contributed by atoms with E-state index in [1.165, 1.54) is 6.92 Å². The first-order valence-electron chi connectivity index (χ1n) is 7.46. The lowest BCUT2D eigenvalue weighted by Gasteiger charge is -2.25. The average Bonchev–Trinajstić information content (AvgIpc) is 2.90. The van der Waals surface area contributed by atoms with Gasteiger partial charge in [0, 0.05) is 5.56 Å². The molecule has 0 bridgehead atoms. The fourth-order valence-corrected chi connectivity index (χ4v) is 2.34. The van der Waals surface area contributed by atoms with Crippen molar-refractivity contribution in [1.82, 2.24) is 10.3 Å². The summed E-state index contributed by atoms with van der Waals surface area (Å²) in [6.07, 6.45) is 0.965. The van der Waals surface area contributed by atoms with Crippen LogP contribution in [0.4, 0.5) is 0 Å². The van der Waals surface area contributed by atoms with Gasteiger partial charge in [0.05, 0.1) is 0 Å². The molecule has 1 heterocycles. The van der Waals surface area contributed by atoms with Gasteiger partial charge in [-0.1, -0.05) is 31.5 Å². The lowest BCUT2D eigenvalue weighted by Crippen LogP contribution is -2.52. The van der Waals surface area contributed by atoms with Crippen molar-refractivity contribution in [2.45, 2.75) is 39.2 Å². The lowest BCUT2D eigenvalue weighted by molar-refractivity contribution is -0.144. The van der Waals surface area contributed by atoms with Crippen molar-refractivity contribution >= 4 is 11.9 Å². The zero-order valence-electron chi connectivity index (χ0n) is 13.4. The van der Waals surface area contributed by atoms with E-state index in [0.717, 1.165) is 5.56 Å². The fourth-order valence-electron chi connectivity index (χ4n) is 2.34. The van der Waals surface area contributed by atoms with Crippen LogP contribution >= 0.6 is 0 Å². The number of amides is 1. The number of aliphatic carboxylic acids is 1. The summed E-state index contributed by atoms with van der Waals surface area (Å²) in [6, 6.07) is 9.21. The lowest BCUT2D eigenvalue weighted by atomic mass is 9.96. The van der Waals surface area contributed by atoms with Crippen LogP contribution in [-0.4, -0.2) is 27.5 Å². The molecule has 1 aromatic carbocycles. The molecule has 1 unspecified atom stereocenters. The van der Waals surface area contributed by atoms with Crippen LogP contribution in [0.2, 0.25) is 0 Å². The van der Waals surface area contributed by atoms with Gasteiger partial charge in [0.1, 0.15) is 11.3 Å². The molecule has 2 aromatic rings. The number of aromatic nitrogens is 1. The number of carbonyl (C=O) groups excluding carboxylic acids is 1. The number of oxazole rings is 1. The van der Waals surface area contributed by atoms with E-state index in [4.69, 9.17) is 4.42 Å². The molecule has 1 atom stereocenters. The van der Waals surface area contributed by atoms with Crippen LogP contribution < -0.4 is 5.32 Å². The summed E-state index contributed by atoms with van der Waals surface area (Å²) in [5.41, 5.74) is -0.471. The number of carboxylic acid groups (broad SMARTS) is 1. The molecule has 0 aliphatic carbocycles. The second-order valence-corrected chi connectivity index (χ2v) is 5.63. The Hall–Kier alpha value is -2.63. The van der Waals surface area contributed by atoms with Gasteiger partial charge in [0.15, 0.2) is 5.69 Å². The Morgan fingerprint density at radius 2 is 1.96 bits per heavy atom. The van der Waals surface area contributed by atoms with E-state index < -0.39 is 17.4 Å². The summed E-state index contributed by atoms with van der Waals surface area (Å²) in [4.78, 5) is 28.1. The van der Waals surface area contributed by atoms with Gasteiger partial charge >= 0.3 is 5.97 Å². The molecule has 2 N–H and O–H groups in total. The standard InChI is InChI=1S/C17H20N2O4/c1-4-10-17(3,16(21)22)19-14(20)13-11(2)23-15(18-13)12-8-6-5-7-9-12/h5-9H,4,10H2,1-3H3,(H,19,20)(H,21,22). The highest BCUT2D eigenvalue weighted by molar-refractivity contribution is 5.97. The molecule has 0 aliphatic heterocycles. The van der Waals surface area contributed by atoms with Gasteiger partial charge in [0.25, 0.3) is 5.91 Å². The molecule has 1 amide bonds. The number of nitrogens with one attached hydrogen (secondary N) is 1. The molecule has 0 saturated heterocycles. The van der Waals surface area contributed by atoms with Crippen molar-refractivity contribution in [3.63, 3.8) is 0 Å². The zero-order valence-corrected chi connectivity index (χ0v) is 13.4. The van der Waals surface area contributed by atoms with E-state index >= 15 is 0 Å². The van der Waals surface area contributed by atoms with Gasteiger partial charge in [-0.25, -0.2) is 9.78 Å². The monoisotopic (exact) mass is 316 g/mol. The molecule has 6 nitrogen and oxygen atoms in total. The molecule has 1 aromatic heterocycles. The smallest absolute Gasteiger partial charge is 0.329 e. The Bertz CT molecular complexity index is 709. The van der Waals surface area contributed by atoms with Crippen LogP contribution in [0.5, 0.6) is 0 Å². The number of aryl methyl sites for hydroxylation is 1. The number of carboxylic acids is 1. The summed E-state index contributed by atoms with van der Waals surface area (Å²) in [6.45, 7) is 4.98. The first-order valence-corrected chi connectivity index (χ1v) is 7.46. The minimum Gasteiger partial charge on any atom is -0.480 e. The third-order valence-electron chi connectivity index (χ3n) is 3.64. The van der Waals surface area contributed by atoms with Crippen LogP contribution in [0.3, 0.4) is 0 Å². The maximum atomic E-state index is 12.4. The SMILES string of the molecule is CCCC(C)(NC(=O)c1nc(-c2ccccc2)oc1C)C(=O)O. The third kappa shape index (κ3) is 3.59. The maximum absolute atomic E-state index is 12.4. The molecule has 2 rings (SSSR count). The molecule has 0 fully saturated rings. The third-order valence-corrected chi connectivity index (χ3v) is 3.64. The second kappa shape index (κ2) is 6.64. The topological polar surface area (TPSA) is 92.4 Å². The van der Waals surface area contributed by atoms with E-state index in [2.05, 4.69) is 10.3 Å². The fraction of sp³-hybridized carbons (Fsp3) is 0.353. The number of hydrogen-bond donors (Lipinski definition) is 2. The molecular formula is C17H20N2O4. The van der Waals surface area contributed by atoms with Crippen LogP contribution in [0.25, 0.3) is 11.5 Å². The van der Waals surface area contributed by atoms with Crippen LogP contribution in [0.15, 0.2) is 34.7 Å². The van der Waals surface area contributed by atoms with Crippen molar-refractivity contribution < 1.29 is 19.1 Å².